The molecule has 6 heteroatoms. The summed E-state index contributed by atoms with van der Waals surface area (Å²) in [6.07, 6.45) is 1.95. The molecule has 1 aliphatic heterocycles. The number of aliphatic hydroxyl groups is 1. The number of alkyl halides is 2. The van der Waals surface area contributed by atoms with E-state index in [1.54, 1.807) is 25.1 Å². The van der Waals surface area contributed by atoms with E-state index in [9.17, 15) is 13.9 Å². The number of hydrogen-bond acceptors (Lipinski definition) is 4. The van der Waals surface area contributed by atoms with Gasteiger partial charge in [0, 0.05) is 30.7 Å². The maximum atomic E-state index is 12.8. The van der Waals surface area contributed by atoms with Crippen LogP contribution in [0.3, 0.4) is 0 Å². The summed E-state index contributed by atoms with van der Waals surface area (Å²) < 4.78 is 35.6. The SMILES string of the molecule is CCOc1cccc(CN2CCCC(C)(CO)C2)c1OC(F)F. The van der Waals surface area contributed by atoms with Crippen LogP contribution >= 0.6 is 0 Å². The molecule has 1 saturated heterocycles. The molecule has 4 nitrogen and oxygen atoms in total. The van der Waals surface area contributed by atoms with Crippen molar-refractivity contribution in [3.8, 4) is 11.5 Å². The molecule has 0 spiro atoms. The van der Waals surface area contributed by atoms with Crippen molar-refractivity contribution in [2.75, 3.05) is 26.3 Å². The van der Waals surface area contributed by atoms with Gasteiger partial charge in [-0.1, -0.05) is 19.1 Å². The van der Waals surface area contributed by atoms with Crippen LogP contribution in [0, 0.1) is 5.41 Å². The van der Waals surface area contributed by atoms with E-state index in [0.717, 1.165) is 25.9 Å². The maximum Gasteiger partial charge on any atom is 0.387 e. The Balaban J connectivity index is 2.19. The Morgan fingerprint density at radius 3 is 2.83 bits per heavy atom. The highest BCUT2D eigenvalue weighted by Gasteiger charge is 2.31. The molecule has 1 heterocycles. The van der Waals surface area contributed by atoms with Crippen molar-refractivity contribution in [3.63, 3.8) is 0 Å². The molecule has 0 radical (unpaired) electrons. The van der Waals surface area contributed by atoms with E-state index in [2.05, 4.69) is 4.90 Å². The highest BCUT2D eigenvalue weighted by Crippen LogP contribution is 2.35. The van der Waals surface area contributed by atoms with E-state index < -0.39 is 6.61 Å². The molecule has 130 valence electrons. The third kappa shape index (κ3) is 4.78. The van der Waals surface area contributed by atoms with Crippen LogP contribution < -0.4 is 9.47 Å². The number of halogens is 2. The fourth-order valence-corrected chi connectivity index (χ4v) is 3.11. The first-order valence-electron chi connectivity index (χ1n) is 8.00. The highest BCUT2D eigenvalue weighted by molar-refractivity contribution is 5.46. The summed E-state index contributed by atoms with van der Waals surface area (Å²) in [5, 5.41) is 9.55. The van der Waals surface area contributed by atoms with E-state index in [1.165, 1.54) is 0 Å². The van der Waals surface area contributed by atoms with Gasteiger partial charge in [0.05, 0.1) is 6.61 Å². The van der Waals surface area contributed by atoms with Crippen LogP contribution in [0.15, 0.2) is 18.2 Å². The van der Waals surface area contributed by atoms with Crippen LogP contribution in [0.2, 0.25) is 0 Å². The monoisotopic (exact) mass is 329 g/mol. The number of rotatable bonds is 7. The first-order valence-corrected chi connectivity index (χ1v) is 8.00. The van der Waals surface area contributed by atoms with Gasteiger partial charge in [-0.3, -0.25) is 4.90 Å². The molecule has 0 aromatic heterocycles. The Kier molecular flexibility index (Phi) is 6.18. The molecule has 23 heavy (non-hydrogen) atoms. The Hall–Kier alpha value is -1.40. The molecular weight excluding hydrogens is 304 g/mol. The fourth-order valence-electron chi connectivity index (χ4n) is 3.11. The van der Waals surface area contributed by atoms with Gasteiger partial charge in [0.1, 0.15) is 0 Å². The van der Waals surface area contributed by atoms with E-state index in [0.29, 0.717) is 24.5 Å². The van der Waals surface area contributed by atoms with Crippen molar-refractivity contribution < 1.29 is 23.4 Å². The van der Waals surface area contributed by atoms with E-state index in [-0.39, 0.29) is 17.8 Å². The number of ether oxygens (including phenoxy) is 2. The topological polar surface area (TPSA) is 41.9 Å². The third-order valence-electron chi connectivity index (χ3n) is 4.20. The number of aliphatic hydroxyl groups excluding tert-OH is 1. The molecule has 1 fully saturated rings. The van der Waals surface area contributed by atoms with Crippen molar-refractivity contribution in [1.82, 2.24) is 4.90 Å². The predicted molar refractivity (Wildman–Crippen MR) is 83.9 cm³/mol. The molecule has 0 saturated carbocycles. The second-order valence-corrected chi connectivity index (χ2v) is 6.34. The minimum absolute atomic E-state index is 0.112. The number of para-hydroxylation sites is 1. The van der Waals surface area contributed by atoms with Crippen molar-refractivity contribution in [1.29, 1.82) is 0 Å². The third-order valence-corrected chi connectivity index (χ3v) is 4.20. The smallest absolute Gasteiger partial charge is 0.387 e. The van der Waals surface area contributed by atoms with E-state index in [1.807, 2.05) is 6.92 Å². The zero-order chi connectivity index (χ0) is 16.9. The molecule has 0 bridgehead atoms. The summed E-state index contributed by atoms with van der Waals surface area (Å²) in [6.45, 7) is 3.58. The molecular formula is C17H25F2NO3. The molecule has 1 N–H and O–H groups in total. The first kappa shape index (κ1) is 17.9. The van der Waals surface area contributed by atoms with Crippen molar-refractivity contribution in [2.24, 2.45) is 5.41 Å². The standard InChI is InChI=1S/C17H25F2NO3/c1-3-22-14-7-4-6-13(15(14)23-16(18)19)10-20-9-5-8-17(2,11-20)12-21/h4,6-7,16,21H,3,5,8-12H2,1-2H3. The van der Waals surface area contributed by atoms with E-state index >= 15 is 0 Å². The number of likely N-dealkylation sites (tertiary alicyclic amines) is 1. The van der Waals surface area contributed by atoms with Crippen LogP contribution in [0.5, 0.6) is 11.5 Å². The Morgan fingerprint density at radius 1 is 1.39 bits per heavy atom. The van der Waals surface area contributed by atoms with Gasteiger partial charge in [0.15, 0.2) is 11.5 Å². The zero-order valence-corrected chi connectivity index (χ0v) is 13.7. The minimum Gasteiger partial charge on any atom is -0.490 e. The van der Waals surface area contributed by atoms with Crippen molar-refractivity contribution in [3.05, 3.63) is 23.8 Å². The summed E-state index contributed by atoms with van der Waals surface area (Å²) in [5.74, 6) is 0.452. The summed E-state index contributed by atoms with van der Waals surface area (Å²) in [4.78, 5) is 2.17. The zero-order valence-electron chi connectivity index (χ0n) is 13.7. The van der Waals surface area contributed by atoms with Gasteiger partial charge in [-0.2, -0.15) is 8.78 Å². The average molecular weight is 329 g/mol. The van der Waals surface area contributed by atoms with Crippen LogP contribution in [-0.4, -0.2) is 42.9 Å². The average Bonchev–Trinajstić information content (AvgIpc) is 2.50. The minimum atomic E-state index is -2.89. The quantitative estimate of drug-likeness (QED) is 0.833. The summed E-state index contributed by atoms with van der Waals surface area (Å²) >= 11 is 0. The number of hydrogen-bond donors (Lipinski definition) is 1. The molecule has 0 amide bonds. The van der Waals surface area contributed by atoms with Crippen LogP contribution in [-0.2, 0) is 6.54 Å². The van der Waals surface area contributed by atoms with Gasteiger partial charge < -0.3 is 14.6 Å². The summed E-state index contributed by atoms with van der Waals surface area (Å²) in [5.41, 5.74) is 0.540. The second kappa shape index (κ2) is 7.93. The molecule has 2 rings (SSSR count). The summed E-state index contributed by atoms with van der Waals surface area (Å²) in [6, 6.07) is 5.21. The molecule has 1 aromatic rings. The van der Waals surface area contributed by atoms with Gasteiger partial charge in [-0.25, -0.2) is 0 Å². The van der Waals surface area contributed by atoms with Crippen LogP contribution in [0.1, 0.15) is 32.3 Å². The Labute approximate surface area is 136 Å². The van der Waals surface area contributed by atoms with Gasteiger partial charge in [-0.05, 0) is 32.4 Å². The lowest BCUT2D eigenvalue weighted by atomic mass is 9.82. The Bertz CT molecular complexity index is 513. The lowest BCUT2D eigenvalue weighted by Gasteiger charge is -2.39. The molecule has 1 unspecified atom stereocenters. The summed E-state index contributed by atoms with van der Waals surface area (Å²) in [7, 11) is 0. The largest absolute Gasteiger partial charge is 0.490 e. The van der Waals surface area contributed by atoms with Crippen LogP contribution in [0.25, 0.3) is 0 Å². The Morgan fingerprint density at radius 2 is 2.17 bits per heavy atom. The predicted octanol–water partition coefficient (Wildman–Crippen LogP) is 3.28. The second-order valence-electron chi connectivity index (χ2n) is 6.34. The lowest BCUT2D eigenvalue weighted by molar-refractivity contribution is -0.0527. The fraction of sp³-hybridized carbons (Fsp3) is 0.647. The maximum absolute atomic E-state index is 12.8. The highest BCUT2D eigenvalue weighted by atomic mass is 19.3. The molecule has 0 aliphatic carbocycles. The number of piperidine rings is 1. The first-order chi connectivity index (χ1) is 11.0. The number of benzene rings is 1. The molecule has 1 aliphatic rings. The van der Waals surface area contributed by atoms with E-state index in [4.69, 9.17) is 9.47 Å². The van der Waals surface area contributed by atoms with Crippen LogP contribution in [0.4, 0.5) is 8.78 Å². The van der Waals surface area contributed by atoms with Gasteiger partial charge in [-0.15, -0.1) is 0 Å². The molecule has 1 atom stereocenters. The van der Waals surface area contributed by atoms with Gasteiger partial charge in [0.2, 0.25) is 0 Å². The van der Waals surface area contributed by atoms with Gasteiger partial charge >= 0.3 is 6.61 Å². The molecule has 1 aromatic carbocycles. The number of nitrogens with zero attached hydrogens (tertiary/aromatic N) is 1. The van der Waals surface area contributed by atoms with Gasteiger partial charge in [0.25, 0.3) is 0 Å². The van der Waals surface area contributed by atoms with Crippen molar-refractivity contribution >= 4 is 0 Å². The van der Waals surface area contributed by atoms with Crippen molar-refractivity contribution in [2.45, 2.75) is 39.8 Å². The lowest BCUT2D eigenvalue weighted by Crippen LogP contribution is -2.43. The normalized spacial score (nSPS) is 22.3.